The first kappa shape index (κ1) is 24.0. The number of morpholine rings is 1. The van der Waals surface area contributed by atoms with Crippen LogP contribution < -0.4 is 5.32 Å². The molecular formula is C24H29F2N5O3. The number of carbonyl (C=O) groups is 2. The predicted molar refractivity (Wildman–Crippen MR) is 123 cm³/mol. The van der Waals surface area contributed by atoms with Crippen molar-refractivity contribution in [2.24, 2.45) is 0 Å². The Bertz CT molecular complexity index is 1010. The Morgan fingerprint density at radius 2 is 1.74 bits per heavy atom. The van der Waals surface area contributed by atoms with E-state index in [9.17, 15) is 18.4 Å². The van der Waals surface area contributed by atoms with Crippen molar-refractivity contribution >= 4 is 17.6 Å². The fourth-order valence-corrected chi connectivity index (χ4v) is 4.16. The summed E-state index contributed by atoms with van der Waals surface area (Å²) >= 11 is 0. The summed E-state index contributed by atoms with van der Waals surface area (Å²) in [6, 6.07) is 4.61. The number of hydrogen-bond donors (Lipinski definition) is 1. The minimum absolute atomic E-state index is 0.00688. The van der Waals surface area contributed by atoms with Crippen molar-refractivity contribution in [3.8, 4) is 0 Å². The standard InChI is InChI=1S/C24H29F2N5O3/c25-20-3-4-22(21(26)15-20)28-24(33)31-8-6-29(7-9-31)5-1-2-18-14-19(17-27-16-18)23(32)30-10-12-34-13-11-30/h3-4,14-17H,1-2,5-13H2,(H,28,33). The molecule has 1 aromatic heterocycles. The molecule has 0 atom stereocenters. The van der Waals surface area contributed by atoms with Gasteiger partial charge in [0.05, 0.1) is 24.5 Å². The van der Waals surface area contributed by atoms with E-state index >= 15 is 0 Å². The second-order valence-corrected chi connectivity index (χ2v) is 8.47. The third-order valence-electron chi connectivity index (χ3n) is 6.11. The van der Waals surface area contributed by atoms with Gasteiger partial charge in [0.2, 0.25) is 0 Å². The molecule has 2 aliphatic heterocycles. The molecule has 0 unspecified atom stereocenters. The summed E-state index contributed by atoms with van der Waals surface area (Å²) in [6.07, 6.45) is 5.13. The lowest BCUT2D eigenvalue weighted by Gasteiger charge is -2.34. The van der Waals surface area contributed by atoms with Crippen molar-refractivity contribution in [1.29, 1.82) is 0 Å². The van der Waals surface area contributed by atoms with Crippen LogP contribution in [-0.4, -0.2) is 90.6 Å². The second kappa shape index (κ2) is 11.3. The Kier molecular flexibility index (Phi) is 8.02. The minimum Gasteiger partial charge on any atom is -0.378 e. The molecule has 3 amide bonds. The zero-order valence-corrected chi connectivity index (χ0v) is 19.0. The summed E-state index contributed by atoms with van der Waals surface area (Å²) in [5.41, 5.74) is 1.60. The fraction of sp³-hybridized carbons (Fsp3) is 0.458. The lowest BCUT2D eigenvalue weighted by atomic mass is 10.1. The SMILES string of the molecule is O=C(Nc1ccc(F)cc1F)N1CCN(CCCc2cncc(C(=O)N3CCOCC3)c2)CC1. The van der Waals surface area contributed by atoms with Crippen LogP contribution in [0.5, 0.6) is 0 Å². The van der Waals surface area contributed by atoms with Crippen LogP contribution in [0.2, 0.25) is 0 Å². The Labute approximate surface area is 197 Å². The van der Waals surface area contributed by atoms with Gasteiger partial charge in [-0.2, -0.15) is 0 Å². The Hall–Kier alpha value is -3.11. The Balaban J connectivity index is 1.19. The van der Waals surface area contributed by atoms with Crippen LogP contribution in [0.3, 0.4) is 0 Å². The van der Waals surface area contributed by atoms with Crippen molar-refractivity contribution < 1.29 is 23.1 Å². The molecule has 1 N–H and O–H groups in total. The number of hydrogen-bond acceptors (Lipinski definition) is 5. The van der Waals surface area contributed by atoms with Crippen LogP contribution in [0.1, 0.15) is 22.3 Å². The molecule has 0 aliphatic carbocycles. The first-order valence-electron chi connectivity index (χ1n) is 11.5. The molecule has 8 nitrogen and oxygen atoms in total. The van der Waals surface area contributed by atoms with Crippen molar-refractivity contribution in [1.82, 2.24) is 19.7 Å². The Morgan fingerprint density at radius 1 is 0.971 bits per heavy atom. The largest absolute Gasteiger partial charge is 0.378 e. The van der Waals surface area contributed by atoms with E-state index < -0.39 is 17.7 Å². The second-order valence-electron chi connectivity index (χ2n) is 8.47. The molecule has 4 rings (SSSR count). The molecule has 1 aromatic carbocycles. The van der Waals surface area contributed by atoms with E-state index in [4.69, 9.17) is 4.74 Å². The lowest BCUT2D eigenvalue weighted by Crippen LogP contribution is -2.50. The molecule has 2 fully saturated rings. The number of aryl methyl sites for hydroxylation is 1. The summed E-state index contributed by atoms with van der Waals surface area (Å²) < 4.78 is 32.1. The average molecular weight is 474 g/mol. The van der Waals surface area contributed by atoms with E-state index in [1.807, 2.05) is 6.07 Å². The number of carbonyl (C=O) groups excluding carboxylic acids is 2. The van der Waals surface area contributed by atoms with Gasteiger partial charge in [-0.3, -0.25) is 14.7 Å². The normalized spacial score (nSPS) is 17.0. The molecule has 0 spiro atoms. The van der Waals surface area contributed by atoms with Crippen LogP contribution in [0, 0.1) is 11.6 Å². The third-order valence-corrected chi connectivity index (χ3v) is 6.11. The third kappa shape index (κ3) is 6.27. The van der Waals surface area contributed by atoms with Crippen molar-refractivity contribution in [2.75, 3.05) is 64.3 Å². The number of rotatable bonds is 6. The number of pyridine rings is 1. The van der Waals surface area contributed by atoms with E-state index in [1.54, 1.807) is 22.2 Å². The molecule has 3 heterocycles. The monoisotopic (exact) mass is 473 g/mol. The zero-order valence-electron chi connectivity index (χ0n) is 19.0. The number of nitrogens with one attached hydrogen (secondary N) is 1. The summed E-state index contributed by atoms with van der Waals surface area (Å²) in [7, 11) is 0. The highest BCUT2D eigenvalue weighted by atomic mass is 19.1. The van der Waals surface area contributed by atoms with E-state index in [2.05, 4.69) is 15.2 Å². The van der Waals surface area contributed by atoms with Gasteiger partial charge in [-0.15, -0.1) is 0 Å². The van der Waals surface area contributed by atoms with Gasteiger partial charge in [-0.05, 0) is 43.1 Å². The molecule has 2 aliphatic rings. The molecule has 2 saturated heterocycles. The number of urea groups is 1. The maximum absolute atomic E-state index is 13.8. The molecule has 2 aromatic rings. The van der Waals surface area contributed by atoms with Crippen molar-refractivity contribution in [3.05, 3.63) is 59.4 Å². The van der Waals surface area contributed by atoms with Gasteiger partial charge in [0, 0.05) is 57.7 Å². The molecule has 10 heteroatoms. The number of aromatic nitrogens is 1. The number of anilines is 1. The number of amides is 3. The first-order chi connectivity index (χ1) is 16.5. The number of piperazine rings is 1. The summed E-state index contributed by atoms with van der Waals surface area (Å²) in [6.45, 7) is 5.69. The first-order valence-corrected chi connectivity index (χ1v) is 11.5. The van der Waals surface area contributed by atoms with Gasteiger partial charge in [-0.25, -0.2) is 13.6 Å². The van der Waals surface area contributed by atoms with Crippen LogP contribution in [0.25, 0.3) is 0 Å². The van der Waals surface area contributed by atoms with Gasteiger partial charge >= 0.3 is 6.03 Å². The van der Waals surface area contributed by atoms with Crippen LogP contribution in [0.15, 0.2) is 36.7 Å². The minimum atomic E-state index is -0.794. The van der Waals surface area contributed by atoms with E-state index in [0.717, 1.165) is 37.1 Å². The van der Waals surface area contributed by atoms with Crippen LogP contribution >= 0.6 is 0 Å². The van der Waals surface area contributed by atoms with Gasteiger partial charge < -0.3 is 19.9 Å². The Morgan fingerprint density at radius 3 is 2.47 bits per heavy atom. The topological polar surface area (TPSA) is 78.0 Å². The quantitative estimate of drug-likeness (QED) is 0.698. The fourth-order valence-electron chi connectivity index (χ4n) is 4.16. The number of ether oxygens (including phenoxy) is 1. The van der Waals surface area contributed by atoms with E-state index in [-0.39, 0.29) is 11.6 Å². The zero-order chi connectivity index (χ0) is 23.9. The molecule has 0 radical (unpaired) electrons. The summed E-state index contributed by atoms with van der Waals surface area (Å²) in [5.74, 6) is -1.49. The molecule has 182 valence electrons. The van der Waals surface area contributed by atoms with Crippen LogP contribution in [0.4, 0.5) is 19.3 Å². The molecule has 34 heavy (non-hydrogen) atoms. The molecule has 0 saturated carbocycles. The number of halogens is 2. The van der Waals surface area contributed by atoms with E-state index in [1.165, 1.54) is 6.07 Å². The average Bonchev–Trinajstić information content (AvgIpc) is 2.86. The van der Waals surface area contributed by atoms with Gasteiger partial charge in [0.1, 0.15) is 11.6 Å². The maximum Gasteiger partial charge on any atom is 0.322 e. The highest BCUT2D eigenvalue weighted by Crippen LogP contribution is 2.16. The predicted octanol–water partition coefficient (Wildman–Crippen LogP) is 2.61. The van der Waals surface area contributed by atoms with E-state index in [0.29, 0.717) is 58.0 Å². The summed E-state index contributed by atoms with van der Waals surface area (Å²) in [5, 5.41) is 2.51. The van der Waals surface area contributed by atoms with Gasteiger partial charge in [-0.1, -0.05) is 0 Å². The van der Waals surface area contributed by atoms with Gasteiger partial charge in [0.25, 0.3) is 5.91 Å². The summed E-state index contributed by atoms with van der Waals surface area (Å²) in [4.78, 5) is 35.0. The maximum atomic E-state index is 13.8. The van der Waals surface area contributed by atoms with Gasteiger partial charge in [0.15, 0.2) is 0 Å². The van der Waals surface area contributed by atoms with Crippen molar-refractivity contribution in [3.63, 3.8) is 0 Å². The molecular weight excluding hydrogens is 444 g/mol. The number of benzene rings is 1. The highest BCUT2D eigenvalue weighted by Gasteiger charge is 2.22. The van der Waals surface area contributed by atoms with Crippen molar-refractivity contribution in [2.45, 2.75) is 12.8 Å². The molecule has 0 bridgehead atoms. The van der Waals surface area contributed by atoms with Crippen LogP contribution in [-0.2, 0) is 11.2 Å². The highest BCUT2D eigenvalue weighted by molar-refractivity contribution is 5.94. The smallest absolute Gasteiger partial charge is 0.322 e. The number of nitrogens with zero attached hydrogens (tertiary/aromatic N) is 4. The lowest BCUT2D eigenvalue weighted by molar-refractivity contribution is 0.0302.